The fraction of sp³-hybridized carbons (Fsp3) is 0.588. The number of ether oxygens (including phenoxy) is 1. The van der Waals surface area contributed by atoms with E-state index in [2.05, 4.69) is 0 Å². The van der Waals surface area contributed by atoms with Crippen LogP contribution in [0, 0.1) is 13.8 Å². The Labute approximate surface area is 148 Å². The van der Waals surface area contributed by atoms with Crippen LogP contribution in [-0.4, -0.2) is 22.0 Å². The lowest BCUT2D eigenvalue weighted by Crippen LogP contribution is -2.27. The Morgan fingerprint density at radius 3 is 2.20 bits per heavy atom. The molecule has 0 aliphatic heterocycles. The van der Waals surface area contributed by atoms with E-state index in [1.54, 1.807) is 0 Å². The summed E-state index contributed by atoms with van der Waals surface area (Å²) in [6.45, 7) is 12.4. The van der Waals surface area contributed by atoms with Crippen LogP contribution >= 0.6 is 7.60 Å². The number of nitrogens with one attached hydrogen (secondary N) is 1. The normalized spacial score (nSPS) is 11.6. The summed E-state index contributed by atoms with van der Waals surface area (Å²) in [5.41, 5.74) is 3.91. The molecule has 3 N–H and O–H groups in total. The molecule has 0 aliphatic carbocycles. The maximum Gasteiger partial charge on any atom is 0.416 e. The van der Waals surface area contributed by atoms with Gasteiger partial charge < -0.3 is 19.4 Å². The number of rotatable bonds is 8. The second-order valence-electron chi connectivity index (χ2n) is 6.21. The molecule has 1 amide bonds. The van der Waals surface area contributed by atoms with Gasteiger partial charge in [0.2, 0.25) is 0 Å². The highest BCUT2D eigenvalue weighted by Gasteiger charge is 2.28. The molecule has 25 heavy (non-hydrogen) atoms. The van der Waals surface area contributed by atoms with Crippen molar-refractivity contribution in [1.29, 1.82) is 0 Å². The van der Waals surface area contributed by atoms with Gasteiger partial charge in [-0.15, -0.1) is 0 Å². The van der Waals surface area contributed by atoms with Crippen LogP contribution in [0.1, 0.15) is 62.3 Å². The minimum absolute atomic E-state index is 0.0665. The molecule has 0 saturated heterocycles. The van der Waals surface area contributed by atoms with Crippen molar-refractivity contribution < 1.29 is 28.7 Å². The van der Waals surface area contributed by atoms with Crippen molar-refractivity contribution in [3.8, 4) is 11.5 Å². The average molecular weight is 373 g/mol. The van der Waals surface area contributed by atoms with E-state index >= 15 is 0 Å². The van der Waals surface area contributed by atoms with Gasteiger partial charge >= 0.3 is 13.2 Å². The first-order valence-corrected chi connectivity index (χ1v) is 9.98. The Kier molecular flexibility index (Phi) is 7.47. The SMILES string of the molecule is CCCOc1c(C)c(CC)c(ONC(=O)P(=O)(O)O)c(C(C)C)c1C. The first kappa shape index (κ1) is 21.5. The average Bonchev–Trinajstić information content (AvgIpc) is 2.50. The van der Waals surface area contributed by atoms with Gasteiger partial charge in [-0.2, -0.15) is 5.48 Å². The molecular weight excluding hydrogens is 345 g/mol. The molecule has 0 spiro atoms. The Balaban J connectivity index is 3.44. The van der Waals surface area contributed by atoms with E-state index in [-0.39, 0.29) is 5.92 Å². The van der Waals surface area contributed by atoms with E-state index in [0.717, 1.165) is 34.4 Å². The molecule has 0 unspecified atom stereocenters. The van der Waals surface area contributed by atoms with Gasteiger partial charge in [-0.05, 0) is 43.7 Å². The fourth-order valence-electron chi connectivity index (χ4n) is 2.86. The zero-order valence-electron chi connectivity index (χ0n) is 15.7. The lowest BCUT2D eigenvalue weighted by molar-refractivity contribution is 0.186. The molecule has 0 fully saturated rings. The van der Waals surface area contributed by atoms with E-state index in [4.69, 9.17) is 19.4 Å². The number of benzene rings is 1. The Morgan fingerprint density at radius 2 is 1.76 bits per heavy atom. The molecule has 0 aromatic heterocycles. The fourth-order valence-corrected chi connectivity index (χ4v) is 3.02. The van der Waals surface area contributed by atoms with Gasteiger partial charge in [-0.25, -0.2) is 4.57 Å². The monoisotopic (exact) mass is 373 g/mol. The van der Waals surface area contributed by atoms with Crippen LogP contribution in [0.5, 0.6) is 11.5 Å². The second-order valence-corrected chi connectivity index (χ2v) is 7.70. The van der Waals surface area contributed by atoms with E-state index < -0.39 is 13.2 Å². The predicted octanol–water partition coefficient (Wildman–Crippen LogP) is 3.96. The molecule has 0 atom stereocenters. The van der Waals surface area contributed by atoms with Crippen LogP contribution in [0.3, 0.4) is 0 Å². The molecule has 0 saturated carbocycles. The van der Waals surface area contributed by atoms with Gasteiger partial charge in [0.1, 0.15) is 5.75 Å². The van der Waals surface area contributed by atoms with Crippen molar-refractivity contribution in [2.24, 2.45) is 0 Å². The summed E-state index contributed by atoms with van der Waals surface area (Å²) >= 11 is 0. The number of hydrogen-bond donors (Lipinski definition) is 3. The highest BCUT2D eigenvalue weighted by atomic mass is 31.2. The molecular formula is C17H28NO6P. The van der Waals surface area contributed by atoms with Gasteiger partial charge in [-0.3, -0.25) is 4.79 Å². The molecule has 7 nitrogen and oxygen atoms in total. The molecule has 142 valence electrons. The number of amides is 1. The summed E-state index contributed by atoms with van der Waals surface area (Å²) in [7, 11) is -4.90. The van der Waals surface area contributed by atoms with Crippen LogP contribution in [0.15, 0.2) is 0 Å². The van der Waals surface area contributed by atoms with Crippen LogP contribution in [-0.2, 0) is 11.0 Å². The van der Waals surface area contributed by atoms with Gasteiger partial charge in [-0.1, -0.05) is 27.7 Å². The molecule has 1 aromatic rings. The lowest BCUT2D eigenvalue weighted by atomic mass is 9.89. The standard InChI is InChI=1S/C17H28NO6P/c1-7-9-23-15-11(5)13(8-2)16(14(10(3)4)12(15)6)24-18-17(19)25(20,21)22/h10H,7-9H2,1-6H3,(H,18,19)(H2,20,21,22). The van der Waals surface area contributed by atoms with Gasteiger partial charge in [0.05, 0.1) is 6.61 Å². The largest absolute Gasteiger partial charge is 0.493 e. The number of carbonyl (C=O) groups excluding carboxylic acids is 1. The quantitative estimate of drug-likeness (QED) is 0.471. The van der Waals surface area contributed by atoms with E-state index in [1.807, 2.05) is 47.0 Å². The van der Waals surface area contributed by atoms with E-state index in [1.165, 1.54) is 0 Å². The van der Waals surface area contributed by atoms with Crippen molar-refractivity contribution >= 4 is 13.2 Å². The summed E-state index contributed by atoms with van der Waals surface area (Å²) in [5.74, 6) is 1.30. The summed E-state index contributed by atoms with van der Waals surface area (Å²) in [4.78, 5) is 34.7. The Bertz CT molecular complexity index is 680. The molecule has 0 radical (unpaired) electrons. The minimum atomic E-state index is -4.90. The van der Waals surface area contributed by atoms with Crippen LogP contribution < -0.4 is 15.1 Å². The summed E-state index contributed by atoms with van der Waals surface area (Å²) < 4.78 is 16.9. The summed E-state index contributed by atoms with van der Waals surface area (Å²) in [6, 6.07) is 0. The Hall–Kier alpha value is -1.56. The molecule has 0 heterocycles. The zero-order valence-corrected chi connectivity index (χ0v) is 16.6. The first-order chi connectivity index (χ1) is 11.6. The number of hydrogen-bond acceptors (Lipinski definition) is 4. The molecule has 8 heteroatoms. The van der Waals surface area contributed by atoms with Crippen molar-refractivity contribution in [2.45, 2.75) is 60.3 Å². The van der Waals surface area contributed by atoms with Crippen molar-refractivity contribution in [3.63, 3.8) is 0 Å². The van der Waals surface area contributed by atoms with Crippen molar-refractivity contribution in [2.75, 3.05) is 6.61 Å². The smallest absolute Gasteiger partial charge is 0.416 e. The summed E-state index contributed by atoms with van der Waals surface area (Å²) in [5, 5.41) is 0. The predicted molar refractivity (Wildman–Crippen MR) is 96.4 cm³/mol. The van der Waals surface area contributed by atoms with Crippen molar-refractivity contribution in [1.82, 2.24) is 5.48 Å². The number of hydroxylamine groups is 1. The molecule has 1 rings (SSSR count). The van der Waals surface area contributed by atoms with Gasteiger partial charge in [0.15, 0.2) is 5.75 Å². The highest BCUT2D eigenvalue weighted by Crippen LogP contribution is 2.42. The van der Waals surface area contributed by atoms with Crippen LogP contribution in [0.2, 0.25) is 0 Å². The van der Waals surface area contributed by atoms with Gasteiger partial charge in [0.25, 0.3) is 0 Å². The Morgan fingerprint density at radius 1 is 1.16 bits per heavy atom. The second kappa shape index (κ2) is 8.70. The van der Waals surface area contributed by atoms with E-state index in [0.29, 0.717) is 18.8 Å². The maximum absolute atomic E-state index is 11.5. The molecule has 0 aliphatic rings. The topological polar surface area (TPSA) is 105 Å². The van der Waals surface area contributed by atoms with Crippen LogP contribution in [0.4, 0.5) is 4.79 Å². The summed E-state index contributed by atoms with van der Waals surface area (Å²) in [6.07, 6.45) is 1.50. The molecule has 1 aromatic carbocycles. The lowest BCUT2D eigenvalue weighted by Gasteiger charge is -2.24. The van der Waals surface area contributed by atoms with Crippen molar-refractivity contribution in [3.05, 3.63) is 22.3 Å². The third-order valence-electron chi connectivity index (χ3n) is 3.94. The van der Waals surface area contributed by atoms with Gasteiger partial charge in [0, 0.05) is 11.1 Å². The minimum Gasteiger partial charge on any atom is -0.493 e. The zero-order chi connectivity index (χ0) is 19.4. The van der Waals surface area contributed by atoms with Crippen LogP contribution in [0.25, 0.3) is 0 Å². The maximum atomic E-state index is 11.5. The molecule has 0 bridgehead atoms. The first-order valence-electron chi connectivity index (χ1n) is 8.37. The highest BCUT2D eigenvalue weighted by molar-refractivity contribution is 7.69. The van der Waals surface area contributed by atoms with E-state index in [9.17, 15) is 9.36 Å². The third-order valence-corrected chi connectivity index (χ3v) is 4.56. The number of carbonyl (C=O) groups is 1. The third kappa shape index (κ3) is 4.97.